The van der Waals surface area contributed by atoms with Crippen molar-refractivity contribution < 1.29 is 39.2 Å². The maximum atomic E-state index is 12.8. The largest absolute Gasteiger partial charge is 0.508 e. The number of ether oxygens (including phenoxy) is 1. The smallest absolute Gasteiger partial charge is 0.352 e. The van der Waals surface area contributed by atoms with E-state index in [4.69, 9.17) is 4.74 Å². The van der Waals surface area contributed by atoms with E-state index < -0.39 is 41.9 Å². The summed E-state index contributed by atoms with van der Waals surface area (Å²) in [5, 5.41) is 42.4. The summed E-state index contributed by atoms with van der Waals surface area (Å²) in [6.07, 6.45) is -1.10. The van der Waals surface area contributed by atoms with Crippen LogP contribution >= 0.6 is 11.8 Å². The number of phenols is 1. The van der Waals surface area contributed by atoms with Gasteiger partial charge in [-0.1, -0.05) is 23.9 Å². The first kappa shape index (κ1) is 23.2. The fourth-order valence-corrected chi connectivity index (χ4v) is 4.44. The Kier molecular flexibility index (Phi) is 6.21. The van der Waals surface area contributed by atoms with Crippen molar-refractivity contribution >= 4 is 35.5 Å². The van der Waals surface area contributed by atoms with Crippen molar-refractivity contribution in [1.29, 1.82) is 0 Å². The van der Waals surface area contributed by atoms with E-state index in [1.54, 1.807) is 7.05 Å². The number of fused-ring (bicyclic) bond motifs is 1. The predicted molar refractivity (Wildman–Crippen MR) is 111 cm³/mol. The molecule has 0 saturated carbocycles. The minimum atomic E-state index is -1.65. The van der Waals surface area contributed by atoms with Crippen LogP contribution < -0.4 is 5.32 Å². The van der Waals surface area contributed by atoms with Crippen molar-refractivity contribution in [2.75, 3.05) is 12.4 Å². The first-order chi connectivity index (χ1) is 16.2. The molecule has 0 aliphatic carbocycles. The minimum absolute atomic E-state index is 0.0969. The molecule has 0 spiro atoms. The maximum Gasteiger partial charge on any atom is 0.352 e. The van der Waals surface area contributed by atoms with Gasteiger partial charge in [-0.25, -0.2) is 9.48 Å². The summed E-state index contributed by atoms with van der Waals surface area (Å²) in [5.74, 6) is -6.13. The molecule has 2 aliphatic rings. The molecule has 2 aliphatic heterocycles. The van der Waals surface area contributed by atoms with Crippen LogP contribution in [0.3, 0.4) is 0 Å². The number of carbonyl (C=O) groups is 4. The van der Waals surface area contributed by atoms with Crippen molar-refractivity contribution in [3.05, 3.63) is 41.1 Å². The first-order valence-electron chi connectivity index (χ1n) is 9.76. The normalized spacial score (nSPS) is 20.4. The second kappa shape index (κ2) is 9.11. The first-order valence-corrected chi connectivity index (χ1v) is 10.7. The average molecular weight is 490 g/mol. The number of hydrogen-bond acceptors (Lipinski definition) is 10. The monoisotopic (exact) mass is 490 g/mol. The second-order valence-corrected chi connectivity index (χ2v) is 8.33. The van der Waals surface area contributed by atoms with Gasteiger partial charge >= 0.3 is 11.9 Å². The van der Waals surface area contributed by atoms with Gasteiger partial charge in [0.1, 0.15) is 11.4 Å². The molecule has 0 bridgehead atoms. The van der Waals surface area contributed by atoms with Gasteiger partial charge in [0.2, 0.25) is 11.1 Å². The number of nitrogens with one attached hydrogen (secondary N) is 1. The van der Waals surface area contributed by atoms with Crippen molar-refractivity contribution in [1.82, 2.24) is 30.4 Å². The standard InChI is InChI=1S/C19H18N6O8S/c1-24-19(21-22-23-24)34-7-9-6-33-16-12(15(28)25(16)13(9)18(31)32)20-14(27)11(17(29)30)8-2-4-10(26)5-3-8/h2-5,11-12,16,26H,6-7H2,1H3,(H,20,27)(H,29,30)(H,31,32). The van der Waals surface area contributed by atoms with E-state index in [1.807, 2.05) is 0 Å². The molecule has 3 unspecified atom stereocenters. The zero-order valence-electron chi connectivity index (χ0n) is 17.5. The van der Waals surface area contributed by atoms with Gasteiger partial charge in [-0.2, -0.15) is 0 Å². The van der Waals surface area contributed by atoms with Crippen molar-refractivity contribution in [3.63, 3.8) is 0 Å². The van der Waals surface area contributed by atoms with Crippen LogP contribution in [0.4, 0.5) is 0 Å². The van der Waals surface area contributed by atoms with Crippen molar-refractivity contribution in [2.45, 2.75) is 23.3 Å². The number of hydrogen-bond donors (Lipinski definition) is 4. The third-order valence-corrected chi connectivity index (χ3v) is 6.34. The SMILES string of the molecule is Cn1nnnc1SCC1=C(C(=O)O)N2C(=O)C(NC(=O)C(C(=O)O)c3ccc(O)cc3)C2OC1. The number of nitrogens with zero attached hydrogens (tertiary/aromatic N) is 5. The highest BCUT2D eigenvalue weighted by Crippen LogP contribution is 2.35. The number of carboxylic acids is 2. The summed E-state index contributed by atoms with van der Waals surface area (Å²) >= 11 is 1.16. The Morgan fingerprint density at radius 3 is 2.56 bits per heavy atom. The average Bonchev–Trinajstić information content (AvgIpc) is 3.21. The number of aromatic hydroxyl groups is 1. The Labute approximate surface area is 195 Å². The highest BCUT2D eigenvalue weighted by Gasteiger charge is 2.55. The van der Waals surface area contributed by atoms with E-state index in [1.165, 1.54) is 28.9 Å². The van der Waals surface area contributed by atoms with E-state index in [-0.39, 0.29) is 29.4 Å². The van der Waals surface area contributed by atoms with Crippen LogP contribution in [0.15, 0.2) is 40.7 Å². The molecule has 0 radical (unpaired) electrons. The Balaban J connectivity index is 1.49. The van der Waals surface area contributed by atoms with Crippen LogP contribution in [0.25, 0.3) is 0 Å². The Morgan fingerprint density at radius 1 is 1.26 bits per heavy atom. The molecule has 2 amide bonds. The molecule has 3 atom stereocenters. The molecule has 1 fully saturated rings. The molecule has 1 saturated heterocycles. The summed E-state index contributed by atoms with van der Waals surface area (Å²) < 4.78 is 7.04. The number of amides is 2. The lowest BCUT2D eigenvalue weighted by molar-refractivity contribution is -0.185. The summed E-state index contributed by atoms with van der Waals surface area (Å²) in [4.78, 5) is 50.0. The lowest BCUT2D eigenvalue weighted by Gasteiger charge is -2.49. The topological polar surface area (TPSA) is 197 Å². The molecule has 4 rings (SSSR count). The molecule has 2 aromatic rings. The molecule has 178 valence electrons. The fourth-order valence-electron chi connectivity index (χ4n) is 3.60. The van der Waals surface area contributed by atoms with Gasteiger partial charge in [-0.05, 0) is 33.7 Å². The third kappa shape index (κ3) is 4.17. The Hall–Kier alpha value is -3.98. The number of benzene rings is 1. The van der Waals surface area contributed by atoms with E-state index in [2.05, 4.69) is 20.8 Å². The molecular weight excluding hydrogens is 472 g/mol. The molecule has 1 aromatic heterocycles. The predicted octanol–water partition coefficient (Wildman–Crippen LogP) is -1.10. The minimum Gasteiger partial charge on any atom is -0.508 e. The summed E-state index contributed by atoms with van der Waals surface area (Å²) in [6.45, 7) is -0.124. The van der Waals surface area contributed by atoms with Crippen LogP contribution in [0.5, 0.6) is 5.75 Å². The molecule has 14 nitrogen and oxygen atoms in total. The number of rotatable bonds is 8. The number of aliphatic carboxylic acids is 2. The van der Waals surface area contributed by atoms with Crippen LogP contribution in [-0.2, 0) is 31.0 Å². The molecule has 4 N–H and O–H groups in total. The van der Waals surface area contributed by atoms with Crippen molar-refractivity contribution in [2.24, 2.45) is 7.05 Å². The van der Waals surface area contributed by atoms with Crippen LogP contribution in [0.1, 0.15) is 11.5 Å². The van der Waals surface area contributed by atoms with Gasteiger partial charge in [0.15, 0.2) is 18.2 Å². The number of tetrazole rings is 1. The third-order valence-electron chi connectivity index (χ3n) is 5.24. The molecular formula is C19H18N6O8S. The summed E-state index contributed by atoms with van der Waals surface area (Å²) in [5.41, 5.74) is 0.157. The van der Waals surface area contributed by atoms with Gasteiger partial charge in [-0.3, -0.25) is 19.3 Å². The lowest BCUT2D eigenvalue weighted by atomic mass is 9.95. The second-order valence-electron chi connectivity index (χ2n) is 7.39. The molecule has 1 aromatic carbocycles. The number of carboxylic acid groups (broad SMARTS) is 2. The number of thioether (sulfide) groups is 1. The van der Waals surface area contributed by atoms with Crippen LogP contribution in [-0.4, -0.2) is 88.8 Å². The molecule has 3 heterocycles. The molecule has 34 heavy (non-hydrogen) atoms. The van der Waals surface area contributed by atoms with E-state index >= 15 is 0 Å². The van der Waals surface area contributed by atoms with Crippen LogP contribution in [0, 0.1) is 0 Å². The number of β-lactam (4-membered cyclic amide) rings is 1. The number of carbonyl (C=O) groups excluding carboxylic acids is 2. The zero-order chi connectivity index (χ0) is 24.6. The van der Waals surface area contributed by atoms with Crippen molar-refractivity contribution in [3.8, 4) is 5.75 Å². The number of aryl methyl sites for hydroxylation is 1. The fraction of sp³-hybridized carbons (Fsp3) is 0.316. The molecule has 15 heteroatoms. The highest BCUT2D eigenvalue weighted by atomic mass is 32.2. The zero-order valence-corrected chi connectivity index (χ0v) is 18.3. The van der Waals surface area contributed by atoms with E-state index in [0.717, 1.165) is 16.7 Å². The Morgan fingerprint density at radius 2 is 1.97 bits per heavy atom. The van der Waals surface area contributed by atoms with Gasteiger partial charge in [0.05, 0.1) is 6.61 Å². The van der Waals surface area contributed by atoms with Gasteiger partial charge in [0, 0.05) is 12.8 Å². The lowest BCUT2D eigenvalue weighted by Crippen LogP contribution is -2.73. The maximum absolute atomic E-state index is 12.8. The van der Waals surface area contributed by atoms with Gasteiger partial charge < -0.3 is 25.4 Å². The Bertz CT molecular complexity index is 1200. The summed E-state index contributed by atoms with van der Waals surface area (Å²) in [6, 6.07) is 3.78. The number of aromatic nitrogens is 4. The quantitative estimate of drug-likeness (QED) is 0.198. The summed E-state index contributed by atoms with van der Waals surface area (Å²) in [7, 11) is 1.62. The number of phenolic OH excluding ortho intramolecular Hbond substituents is 1. The van der Waals surface area contributed by atoms with E-state index in [0.29, 0.717) is 10.7 Å². The highest BCUT2D eigenvalue weighted by molar-refractivity contribution is 7.99. The van der Waals surface area contributed by atoms with Gasteiger partial charge in [-0.15, -0.1) is 5.10 Å². The van der Waals surface area contributed by atoms with Crippen LogP contribution in [0.2, 0.25) is 0 Å². The van der Waals surface area contributed by atoms with Gasteiger partial charge in [0.25, 0.3) is 5.91 Å². The van der Waals surface area contributed by atoms with E-state index in [9.17, 15) is 34.5 Å².